The second-order valence-electron chi connectivity index (χ2n) is 7.40. The molecule has 0 amide bonds. The van der Waals surface area contributed by atoms with Gasteiger partial charge in [0.15, 0.2) is 11.5 Å². The molecule has 0 unspecified atom stereocenters. The average molecular weight is 379 g/mol. The van der Waals surface area contributed by atoms with Gasteiger partial charge in [0.2, 0.25) is 0 Å². The molecule has 4 rings (SSSR count). The van der Waals surface area contributed by atoms with E-state index in [4.69, 9.17) is 9.47 Å². The van der Waals surface area contributed by atoms with E-state index in [0.717, 1.165) is 16.8 Å². The van der Waals surface area contributed by atoms with Crippen LogP contribution in [0.15, 0.2) is 36.4 Å². The van der Waals surface area contributed by atoms with E-state index >= 15 is 0 Å². The van der Waals surface area contributed by atoms with Gasteiger partial charge in [0, 0.05) is 22.6 Å². The van der Waals surface area contributed by atoms with E-state index < -0.39 is 11.8 Å². The fourth-order valence-corrected chi connectivity index (χ4v) is 4.13. The summed E-state index contributed by atoms with van der Waals surface area (Å²) < 4.78 is 53.3. The van der Waals surface area contributed by atoms with Crippen LogP contribution in [0.3, 0.4) is 0 Å². The highest BCUT2D eigenvalue weighted by atomic mass is 19.4. The highest BCUT2D eigenvalue weighted by Crippen LogP contribution is 2.54. The number of ether oxygens (including phenoxy) is 3. The van der Waals surface area contributed by atoms with Crippen LogP contribution in [0.5, 0.6) is 17.2 Å². The highest BCUT2D eigenvalue weighted by Gasteiger charge is 2.47. The normalized spacial score (nSPS) is 22.4. The minimum Gasteiger partial charge on any atom is -0.493 e. The Morgan fingerprint density at radius 2 is 1.96 bits per heavy atom. The van der Waals surface area contributed by atoms with Gasteiger partial charge in [-0.25, -0.2) is 0 Å². The van der Waals surface area contributed by atoms with Crippen LogP contribution in [0.4, 0.5) is 18.9 Å². The smallest absolute Gasteiger partial charge is 0.493 e. The summed E-state index contributed by atoms with van der Waals surface area (Å²) in [5.74, 6) is 1.20. The Balaban J connectivity index is 1.77. The molecule has 2 aromatic rings. The van der Waals surface area contributed by atoms with Gasteiger partial charge in [0.1, 0.15) is 5.75 Å². The van der Waals surface area contributed by atoms with Gasteiger partial charge in [-0.05, 0) is 29.8 Å². The molecule has 27 heavy (non-hydrogen) atoms. The first-order chi connectivity index (χ1) is 12.7. The van der Waals surface area contributed by atoms with Crippen LogP contribution in [0, 0.1) is 5.92 Å². The molecule has 0 saturated heterocycles. The van der Waals surface area contributed by atoms with E-state index in [2.05, 4.69) is 10.1 Å². The van der Waals surface area contributed by atoms with Crippen molar-refractivity contribution in [2.75, 3.05) is 19.0 Å². The van der Waals surface area contributed by atoms with Crippen LogP contribution in [0.2, 0.25) is 0 Å². The van der Waals surface area contributed by atoms with E-state index in [0.29, 0.717) is 18.1 Å². The lowest BCUT2D eigenvalue weighted by atomic mass is 9.65. The van der Waals surface area contributed by atoms with Gasteiger partial charge >= 0.3 is 6.36 Å². The van der Waals surface area contributed by atoms with Crippen molar-refractivity contribution in [3.63, 3.8) is 0 Å². The molecule has 0 radical (unpaired) electrons. The molecular weight excluding hydrogens is 359 g/mol. The molecule has 0 spiro atoms. The number of rotatable bonds is 2. The lowest BCUT2D eigenvalue weighted by Crippen LogP contribution is -2.46. The van der Waals surface area contributed by atoms with Gasteiger partial charge in [-0.3, -0.25) is 0 Å². The second kappa shape index (κ2) is 5.97. The van der Waals surface area contributed by atoms with Crippen molar-refractivity contribution in [1.82, 2.24) is 0 Å². The molecule has 2 aromatic carbocycles. The molecule has 0 fully saturated rings. The monoisotopic (exact) mass is 379 g/mol. The standard InChI is InChI=1S/C20H20F3NO3/c1-19(2)13-9-11(27-20(21,22)23)7-8-15(13)24-17-12-5-4-6-16(25-3)18(12)26-10-14(17)19/h4-9,14,17,24H,10H2,1-3H3/t14-,17+/m1/s1. The number of benzene rings is 2. The third kappa shape index (κ3) is 2.95. The maximum absolute atomic E-state index is 12.6. The lowest BCUT2D eigenvalue weighted by molar-refractivity contribution is -0.274. The molecule has 2 aliphatic heterocycles. The molecule has 0 aliphatic carbocycles. The van der Waals surface area contributed by atoms with Crippen molar-refractivity contribution in [2.24, 2.45) is 5.92 Å². The number of halogens is 3. The van der Waals surface area contributed by atoms with Crippen LogP contribution in [-0.4, -0.2) is 20.1 Å². The van der Waals surface area contributed by atoms with E-state index in [-0.39, 0.29) is 17.7 Å². The van der Waals surface area contributed by atoms with Crippen LogP contribution in [0.25, 0.3) is 0 Å². The Hall–Kier alpha value is -2.57. The molecule has 2 aliphatic rings. The predicted molar refractivity (Wildman–Crippen MR) is 94.5 cm³/mol. The van der Waals surface area contributed by atoms with E-state index in [9.17, 15) is 13.2 Å². The summed E-state index contributed by atoms with van der Waals surface area (Å²) in [5.41, 5.74) is 2.14. The summed E-state index contributed by atoms with van der Waals surface area (Å²) in [5, 5.41) is 3.48. The van der Waals surface area contributed by atoms with Crippen molar-refractivity contribution in [2.45, 2.75) is 31.7 Å². The SMILES string of the molecule is COc1cccc2c1OC[C@@H]1[C@H]2Nc2ccc(OC(F)(F)F)cc2C1(C)C. The Labute approximate surface area is 155 Å². The minimum absolute atomic E-state index is 0.0271. The number of hydrogen-bond acceptors (Lipinski definition) is 4. The zero-order valence-corrected chi connectivity index (χ0v) is 15.2. The fraction of sp³-hybridized carbons (Fsp3) is 0.400. The van der Waals surface area contributed by atoms with Gasteiger partial charge in [-0.15, -0.1) is 13.2 Å². The zero-order valence-electron chi connectivity index (χ0n) is 15.2. The highest BCUT2D eigenvalue weighted by molar-refractivity contribution is 5.64. The molecule has 2 atom stereocenters. The number of hydrogen-bond donors (Lipinski definition) is 1. The molecule has 2 heterocycles. The van der Waals surface area contributed by atoms with E-state index in [1.807, 2.05) is 32.0 Å². The van der Waals surface area contributed by atoms with Crippen molar-refractivity contribution >= 4 is 5.69 Å². The zero-order chi connectivity index (χ0) is 19.4. The number of anilines is 1. The second-order valence-corrected chi connectivity index (χ2v) is 7.40. The molecule has 0 aromatic heterocycles. The number of nitrogens with one attached hydrogen (secondary N) is 1. The Morgan fingerprint density at radius 1 is 1.19 bits per heavy atom. The maximum Gasteiger partial charge on any atom is 0.573 e. The number of fused-ring (bicyclic) bond motifs is 4. The van der Waals surface area contributed by atoms with Crippen LogP contribution >= 0.6 is 0 Å². The molecule has 4 nitrogen and oxygen atoms in total. The molecule has 0 bridgehead atoms. The molecule has 0 saturated carbocycles. The van der Waals surface area contributed by atoms with Crippen molar-refractivity contribution in [3.05, 3.63) is 47.5 Å². The number of para-hydroxylation sites is 1. The summed E-state index contributed by atoms with van der Waals surface area (Å²) >= 11 is 0. The first-order valence-electron chi connectivity index (χ1n) is 8.67. The van der Waals surface area contributed by atoms with Gasteiger partial charge in [0.25, 0.3) is 0 Å². The van der Waals surface area contributed by atoms with Crippen LogP contribution < -0.4 is 19.5 Å². The molecular formula is C20H20F3NO3. The summed E-state index contributed by atoms with van der Waals surface area (Å²) in [7, 11) is 1.60. The van der Waals surface area contributed by atoms with Crippen molar-refractivity contribution < 1.29 is 27.4 Å². The van der Waals surface area contributed by atoms with Crippen molar-refractivity contribution in [1.29, 1.82) is 0 Å². The molecule has 144 valence electrons. The van der Waals surface area contributed by atoms with Gasteiger partial charge in [-0.1, -0.05) is 26.0 Å². The molecule has 1 N–H and O–H groups in total. The summed E-state index contributed by atoms with van der Waals surface area (Å²) in [4.78, 5) is 0. The van der Waals surface area contributed by atoms with Gasteiger partial charge in [0.05, 0.1) is 19.8 Å². The van der Waals surface area contributed by atoms with Crippen molar-refractivity contribution in [3.8, 4) is 17.2 Å². The minimum atomic E-state index is -4.72. The Kier molecular flexibility index (Phi) is 3.94. The summed E-state index contributed by atoms with van der Waals surface area (Å²) in [6, 6.07) is 10.2. The first-order valence-corrected chi connectivity index (χ1v) is 8.67. The summed E-state index contributed by atoms with van der Waals surface area (Å²) in [6.07, 6.45) is -4.72. The van der Waals surface area contributed by atoms with Crippen LogP contribution in [-0.2, 0) is 5.41 Å². The first kappa shape index (κ1) is 17.8. The van der Waals surface area contributed by atoms with Gasteiger partial charge < -0.3 is 19.5 Å². The quantitative estimate of drug-likeness (QED) is 0.793. The fourth-order valence-electron chi connectivity index (χ4n) is 4.13. The van der Waals surface area contributed by atoms with Crippen LogP contribution in [0.1, 0.15) is 31.0 Å². The topological polar surface area (TPSA) is 39.7 Å². The predicted octanol–water partition coefficient (Wildman–Crippen LogP) is 5.05. The lowest BCUT2D eigenvalue weighted by Gasteiger charge is -2.48. The third-order valence-corrected chi connectivity index (χ3v) is 5.53. The average Bonchev–Trinajstić information content (AvgIpc) is 2.60. The maximum atomic E-state index is 12.6. The number of alkyl halides is 3. The summed E-state index contributed by atoms with van der Waals surface area (Å²) in [6.45, 7) is 4.48. The Morgan fingerprint density at radius 3 is 2.67 bits per heavy atom. The Bertz CT molecular complexity index is 879. The van der Waals surface area contributed by atoms with Gasteiger partial charge in [-0.2, -0.15) is 0 Å². The number of methoxy groups -OCH3 is 1. The van der Waals surface area contributed by atoms with E-state index in [1.54, 1.807) is 13.2 Å². The van der Waals surface area contributed by atoms with E-state index in [1.165, 1.54) is 12.1 Å². The largest absolute Gasteiger partial charge is 0.573 e. The third-order valence-electron chi connectivity index (χ3n) is 5.53. The molecule has 7 heteroatoms.